The monoisotopic (exact) mass is 293 g/mol. The van der Waals surface area contributed by atoms with Gasteiger partial charge in [-0.15, -0.1) is 0 Å². The van der Waals surface area contributed by atoms with Gasteiger partial charge in [-0.3, -0.25) is 4.90 Å². The van der Waals surface area contributed by atoms with Gasteiger partial charge in [-0.05, 0) is 37.2 Å². The molecule has 0 spiro atoms. The summed E-state index contributed by atoms with van der Waals surface area (Å²) in [4.78, 5) is 2.45. The van der Waals surface area contributed by atoms with Gasteiger partial charge in [-0.25, -0.2) is 4.39 Å². The van der Waals surface area contributed by atoms with E-state index in [0.717, 1.165) is 13.1 Å². The number of aliphatic hydroxyl groups excluding tert-OH is 1. The molecule has 21 heavy (non-hydrogen) atoms. The zero-order chi connectivity index (χ0) is 15.6. The molecule has 5 atom stereocenters. The van der Waals surface area contributed by atoms with Gasteiger partial charge in [-0.2, -0.15) is 0 Å². The number of hydrogen-bond donors (Lipinski definition) is 1. The average molecular weight is 293 g/mol. The Hall–Kier alpha value is -0.930. The highest BCUT2D eigenvalue weighted by Crippen LogP contribution is 2.30. The molecular formula is C18H28FNO. The van der Waals surface area contributed by atoms with Crippen LogP contribution in [0.3, 0.4) is 0 Å². The number of likely N-dealkylation sites (tertiary alicyclic amines) is 1. The van der Waals surface area contributed by atoms with E-state index in [-0.39, 0.29) is 11.7 Å². The molecule has 118 valence electrons. The van der Waals surface area contributed by atoms with Gasteiger partial charge in [0.1, 0.15) is 5.82 Å². The van der Waals surface area contributed by atoms with Crippen LogP contribution in [0.4, 0.5) is 4.39 Å². The molecule has 0 saturated carbocycles. The predicted octanol–water partition coefficient (Wildman–Crippen LogP) is 3.86. The van der Waals surface area contributed by atoms with Crippen LogP contribution in [0.5, 0.6) is 0 Å². The molecule has 1 saturated heterocycles. The van der Waals surface area contributed by atoms with Crippen LogP contribution in [0, 0.1) is 23.6 Å². The first kappa shape index (κ1) is 16.4. The molecule has 2 rings (SSSR count). The van der Waals surface area contributed by atoms with Crippen molar-refractivity contribution in [1.29, 1.82) is 0 Å². The zero-order valence-electron chi connectivity index (χ0n) is 13.6. The molecule has 1 fully saturated rings. The first-order valence-corrected chi connectivity index (χ1v) is 8.06. The second kappa shape index (κ2) is 6.89. The summed E-state index contributed by atoms with van der Waals surface area (Å²) < 4.78 is 13.8. The molecule has 0 aromatic heterocycles. The molecule has 3 heteroatoms. The highest BCUT2D eigenvalue weighted by molar-refractivity contribution is 5.20. The number of halogens is 1. The van der Waals surface area contributed by atoms with Crippen LogP contribution >= 0.6 is 0 Å². The molecule has 2 nitrogen and oxygen atoms in total. The van der Waals surface area contributed by atoms with Crippen molar-refractivity contribution in [1.82, 2.24) is 4.90 Å². The Labute approximate surface area is 128 Å². The van der Waals surface area contributed by atoms with E-state index in [1.165, 1.54) is 12.5 Å². The lowest BCUT2D eigenvalue weighted by Gasteiger charge is -2.42. The number of hydrogen-bond acceptors (Lipinski definition) is 2. The van der Waals surface area contributed by atoms with E-state index in [0.29, 0.717) is 23.4 Å². The minimum absolute atomic E-state index is 0.0156. The first-order valence-electron chi connectivity index (χ1n) is 8.06. The van der Waals surface area contributed by atoms with E-state index in [1.807, 2.05) is 6.92 Å². The first-order chi connectivity index (χ1) is 9.90. The van der Waals surface area contributed by atoms with Gasteiger partial charge in [0.05, 0.1) is 6.10 Å². The van der Waals surface area contributed by atoms with E-state index < -0.39 is 6.10 Å². The van der Waals surface area contributed by atoms with Crippen LogP contribution < -0.4 is 0 Å². The number of aliphatic hydroxyl groups is 1. The normalized spacial score (nSPS) is 30.1. The number of nitrogens with zero attached hydrogens (tertiary/aromatic N) is 1. The number of rotatable bonds is 4. The summed E-state index contributed by atoms with van der Waals surface area (Å²) in [5.74, 6) is 1.06. The molecule has 0 bridgehead atoms. The molecule has 1 aliphatic rings. The third-order valence-electron chi connectivity index (χ3n) is 5.01. The van der Waals surface area contributed by atoms with Crippen LogP contribution in [0.15, 0.2) is 24.3 Å². The maximum absolute atomic E-state index is 13.8. The third-order valence-corrected chi connectivity index (χ3v) is 5.01. The summed E-state index contributed by atoms with van der Waals surface area (Å²) in [6, 6.07) is 7.06. The predicted molar refractivity (Wildman–Crippen MR) is 84.5 cm³/mol. The van der Waals surface area contributed by atoms with Crippen molar-refractivity contribution in [2.75, 3.05) is 13.1 Å². The molecular weight excluding hydrogens is 265 g/mol. The molecule has 5 unspecified atom stereocenters. The minimum atomic E-state index is -0.745. The van der Waals surface area contributed by atoms with Crippen molar-refractivity contribution in [3.8, 4) is 0 Å². The van der Waals surface area contributed by atoms with Crippen LogP contribution in [0.2, 0.25) is 0 Å². The Morgan fingerprint density at radius 3 is 2.62 bits per heavy atom. The van der Waals surface area contributed by atoms with Crippen LogP contribution in [0.1, 0.15) is 45.8 Å². The maximum Gasteiger partial charge on any atom is 0.129 e. The maximum atomic E-state index is 13.8. The van der Waals surface area contributed by atoms with E-state index in [2.05, 4.69) is 25.7 Å². The Morgan fingerprint density at radius 1 is 1.29 bits per heavy atom. The fourth-order valence-electron chi connectivity index (χ4n) is 3.56. The second-order valence-electron chi connectivity index (χ2n) is 6.96. The van der Waals surface area contributed by atoms with Crippen molar-refractivity contribution in [3.05, 3.63) is 35.6 Å². The Kier molecular flexibility index (Phi) is 5.39. The van der Waals surface area contributed by atoms with Gasteiger partial charge >= 0.3 is 0 Å². The molecule has 0 aliphatic carbocycles. The summed E-state index contributed by atoms with van der Waals surface area (Å²) in [6.07, 6.45) is 0.521. The Morgan fingerprint density at radius 2 is 1.95 bits per heavy atom. The highest BCUT2D eigenvalue weighted by atomic mass is 19.1. The standard InChI is InChI=1S/C18H28FNO/c1-12-9-13(2)15(4)20(10-12)11-14(3)18(21)16-7-5-6-8-17(16)19/h5-8,12-15,18,21H,9-11H2,1-4H3. The molecule has 1 N–H and O–H groups in total. The highest BCUT2D eigenvalue weighted by Gasteiger charge is 2.31. The smallest absolute Gasteiger partial charge is 0.129 e. The minimum Gasteiger partial charge on any atom is -0.388 e. The van der Waals surface area contributed by atoms with Gasteiger partial charge in [0.15, 0.2) is 0 Å². The molecule has 0 radical (unpaired) electrons. The Bertz CT molecular complexity index is 464. The van der Waals surface area contributed by atoms with Gasteiger partial charge in [-0.1, -0.05) is 39.0 Å². The second-order valence-corrected chi connectivity index (χ2v) is 6.96. The molecule has 1 aliphatic heterocycles. The lowest BCUT2D eigenvalue weighted by atomic mass is 9.85. The topological polar surface area (TPSA) is 23.5 Å². The van der Waals surface area contributed by atoms with E-state index in [9.17, 15) is 9.50 Å². The molecule has 1 aromatic carbocycles. The van der Waals surface area contributed by atoms with Crippen LogP contribution in [0.25, 0.3) is 0 Å². The van der Waals surface area contributed by atoms with Crippen molar-refractivity contribution < 1.29 is 9.50 Å². The quantitative estimate of drug-likeness (QED) is 0.911. The van der Waals surface area contributed by atoms with Crippen molar-refractivity contribution in [3.63, 3.8) is 0 Å². The SMILES string of the molecule is CC1CC(C)C(C)N(CC(C)C(O)c2ccccc2F)C1. The summed E-state index contributed by atoms with van der Waals surface area (Å²) in [6.45, 7) is 10.7. The Balaban J connectivity index is 2.03. The largest absolute Gasteiger partial charge is 0.388 e. The van der Waals surface area contributed by atoms with Crippen LogP contribution in [-0.4, -0.2) is 29.1 Å². The van der Waals surface area contributed by atoms with Crippen molar-refractivity contribution in [2.24, 2.45) is 17.8 Å². The lowest BCUT2D eigenvalue weighted by molar-refractivity contribution is 0.0301. The van der Waals surface area contributed by atoms with Crippen molar-refractivity contribution in [2.45, 2.75) is 46.3 Å². The molecule has 0 amide bonds. The van der Waals surface area contributed by atoms with E-state index in [1.54, 1.807) is 18.2 Å². The van der Waals surface area contributed by atoms with Gasteiger partial charge in [0.25, 0.3) is 0 Å². The lowest BCUT2D eigenvalue weighted by Crippen LogP contribution is -2.47. The van der Waals surface area contributed by atoms with Crippen LogP contribution in [-0.2, 0) is 0 Å². The van der Waals surface area contributed by atoms with Gasteiger partial charge in [0, 0.05) is 24.7 Å². The third kappa shape index (κ3) is 3.83. The fraction of sp³-hybridized carbons (Fsp3) is 0.667. The summed E-state index contributed by atoms with van der Waals surface area (Å²) in [7, 11) is 0. The molecule has 1 heterocycles. The van der Waals surface area contributed by atoms with Gasteiger partial charge < -0.3 is 5.11 Å². The summed E-state index contributed by atoms with van der Waals surface area (Å²) in [5.41, 5.74) is 0.413. The number of benzene rings is 1. The summed E-state index contributed by atoms with van der Waals surface area (Å²) >= 11 is 0. The van der Waals surface area contributed by atoms with Gasteiger partial charge in [0.2, 0.25) is 0 Å². The average Bonchev–Trinajstić information content (AvgIpc) is 2.44. The number of piperidine rings is 1. The van der Waals surface area contributed by atoms with E-state index >= 15 is 0 Å². The fourth-order valence-corrected chi connectivity index (χ4v) is 3.56. The molecule has 1 aromatic rings. The van der Waals surface area contributed by atoms with E-state index in [4.69, 9.17) is 0 Å². The van der Waals surface area contributed by atoms with Crippen molar-refractivity contribution >= 4 is 0 Å². The summed E-state index contributed by atoms with van der Waals surface area (Å²) in [5, 5.41) is 10.5. The zero-order valence-corrected chi connectivity index (χ0v) is 13.6.